The number of aryl methyl sites for hydroxylation is 1. The van der Waals surface area contributed by atoms with Crippen LogP contribution in [0.25, 0.3) is 22.5 Å². The lowest BCUT2D eigenvalue weighted by atomic mass is 10.1. The molecule has 104 valence electrons. The van der Waals surface area contributed by atoms with E-state index in [1.807, 2.05) is 24.5 Å². The largest absolute Gasteiger partial charge is 0.222 e. The van der Waals surface area contributed by atoms with Gasteiger partial charge in [0.05, 0.1) is 11.4 Å². The van der Waals surface area contributed by atoms with E-state index in [0.717, 1.165) is 27.7 Å². The summed E-state index contributed by atoms with van der Waals surface area (Å²) in [7, 11) is 0. The van der Waals surface area contributed by atoms with Gasteiger partial charge in [0.25, 0.3) is 0 Å². The Morgan fingerprint density at radius 1 is 0.762 bits per heavy atom. The van der Waals surface area contributed by atoms with Crippen molar-refractivity contribution >= 4 is 11.8 Å². The summed E-state index contributed by atoms with van der Waals surface area (Å²) >= 11 is 1.57. The van der Waals surface area contributed by atoms with Crippen molar-refractivity contribution in [3.8, 4) is 22.5 Å². The lowest BCUT2D eigenvalue weighted by Crippen LogP contribution is -1.94. The number of thioether (sulfide) groups is 1. The molecule has 3 heteroatoms. The first-order valence-electron chi connectivity index (χ1n) is 6.82. The van der Waals surface area contributed by atoms with Gasteiger partial charge in [-0.05, 0) is 25.3 Å². The van der Waals surface area contributed by atoms with Crippen LogP contribution in [0.2, 0.25) is 0 Å². The molecule has 21 heavy (non-hydrogen) atoms. The topological polar surface area (TPSA) is 25.8 Å². The second-order valence-electron chi connectivity index (χ2n) is 4.86. The summed E-state index contributed by atoms with van der Waals surface area (Å²) in [6, 6.07) is 20.7. The van der Waals surface area contributed by atoms with Crippen molar-refractivity contribution in [3.63, 3.8) is 0 Å². The van der Waals surface area contributed by atoms with Crippen molar-refractivity contribution in [2.45, 2.75) is 12.1 Å². The lowest BCUT2D eigenvalue weighted by molar-refractivity contribution is 0.982. The summed E-state index contributed by atoms with van der Waals surface area (Å²) in [6.07, 6.45) is 2.00. The number of hydrogen-bond acceptors (Lipinski definition) is 3. The first-order chi connectivity index (χ1) is 10.3. The molecule has 0 aliphatic rings. The summed E-state index contributed by atoms with van der Waals surface area (Å²) < 4.78 is 0. The summed E-state index contributed by atoms with van der Waals surface area (Å²) in [5, 5.41) is 0.799. The monoisotopic (exact) mass is 292 g/mol. The van der Waals surface area contributed by atoms with E-state index in [0.29, 0.717) is 0 Å². The van der Waals surface area contributed by atoms with E-state index in [1.165, 1.54) is 5.56 Å². The Morgan fingerprint density at radius 3 is 2.10 bits per heavy atom. The van der Waals surface area contributed by atoms with E-state index in [9.17, 15) is 0 Å². The molecular weight excluding hydrogens is 276 g/mol. The molecule has 3 rings (SSSR count). The third kappa shape index (κ3) is 3.14. The second-order valence-corrected chi connectivity index (χ2v) is 5.63. The van der Waals surface area contributed by atoms with Crippen LogP contribution >= 0.6 is 11.8 Å². The highest BCUT2D eigenvalue weighted by Gasteiger charge is 2.08. The van der Waals surface area contributed by atoms with Gasteiger partial charge in [-0.3, -0.25) is 0 Å². The quantitative estimate of drug-likeness (QED) is 0.510. The zero-order valence-corrected chi connectivity index (χ0v) is 12.9. The van der Waals surface area contributed by atoms with Crippen LogP contribution in [-0.4, -0.2) is 16.2 Å². The third-order valence-electron chi connectivity index (χ3n) is 3.27. The van der Waals surface area contributed by atoms with E-state index in [1.54, 1.807) is 11.8 Å². The second kappa shape index (κ2) is 6.10. The van der Waals surface area contributed by atoms with Gasteiger partial charge in [-0.1, -0.05) is 65.9 Å². The molecule has 0 radical (unpaired) electrons. The maximum Gasteiger partial charge on any atom is 0.188 e. The van der Waals surface area contributed by atoms with Crippen LogP contribution in [0.15, 0.2) is 65.8 Å². The Balaban J connectivity index is 2.14. The van der Waals surface area contributed by atoms with Crippen LogP contribution in [0, 0.1) is 6.92 Å². The molecule has 0 saturated heterocycles. The van der Waals surface area contributed by atoms with Crippen molar-refractivity contribution in [1.82, 2.24) is 9.97 Å². The SMILES string of the molecule is CSc1nc(-c2ccccc2)cc(-c2cccc(C)c2)n1. The van der Waals surface area contributed by atoms with Crippen LogP contribution in [0.3, 0.4) is 0 Å². The number of aromatic nitrogens is 2. The molecule has 0 spiro atoms. The van der Waals surface area contributed by atoms with Gasteiger partial charge in [0.2, 0.25) is 0 Å². The average molecular weight is 292 g/mol. The first kappa shape index (κ1) is 13.8. The summed E-state index contributed by atoms with van der Waals surface area (Å²) in [4.78, 5) is 9.26. The first-order valence-corrected chi connectivity index (χ1v) is 8.04. The Kier molecular flexibility index (Phi) is 4.02. The Hall–Kier alpha value is -2.13. The number of rotatable bonds is 3. The van der Waals surface area contributed by atoms with E-state index in [4.69, 9.17) is 0 Å². The van der Waals surface area contributed by atoms with E-state index in [2.05, 4.69) is 59.4 Å². The molecule has 0 aliphatic heterocycles. The molecule has 0 fully saturated rings. The number of hydrogen-bond donors (Lipinski definition) is 0. The normalized spacial score (nSPS) is 10.6. The highest BCUT2D eigenvalue weighted by molar-refractivity contribution is 7.98. The predicted molar refractivity (Wildman–Crippen MR) is 89.4 cm³/mol. The van der Waals surface area contributed by atoms with E-state index in [-0.39, 0.29) is 0 Å². The lowest BCUT2D eigenvalue weighted by Gasteiger charge is -2.08. The summed E-state index contributed by atoms with van der Waals surface area (Å²) in [5.41, 5.74) is 5.41. The molecule has 3 aromatic rings. The maximum atomic E-state index is 4.64. The van der Waals surface area contributed by atoms with E-state index < -0.39 is 0 Å². The van der Waals surface area contributed by atoms with Gasteiger partial charge in [-0.15, -0.1) is 0 Å². The molecule has 0 amide bonds. The van der Waals surface area contributed by atoms with Crippen molar-refractivity contribution in [1.29, 1.82) is 0 Å². The van der Waals surface area contributed by atoms with Gasteiger partial charge in [-0.2, -0.15) is 0 Å². The average Bonchev–Trinajstić information content (AvgIpc) is 2.55. The fourth-order valence-electron chi connectivity index (χ4n) is 2.23. The molecular formula is C18H16N2S. The maximum absolute atomic E-state index is 4.64. The minimum absolute atomic E-state index is 0.799. The molecule has 2 aromatic carbocycles. The van der Waals surface area contributed by atoms with Crippen molar-refractivity contribution in [2.75, 3.05) is 6.26 Å². The fraction of sp³-hybridized carbons (Fsp3) is 0.111. The molecule has 0 bridgehead atoms. The smallest absolute Gasteiger partial charge is 0.188 e. The Morgan fingerprint density at radius 2 is 1.43 bits per heavy atom. The molecule has 0 N–H and O–H groups in total. The van der Waals surface area contributed by atoms with Crippen LogP contribution < -0.4 is 0 Å². The van der Waals surface area contributed by atoms with Crippen molar-refractivity contribution in [2.24, 2.45) is 0 Å². The molecule has 1 aromatic heterocycles. The number of nitrogens with zero attached hydrogens (tertiary/aromatic N) is 2. The zero-order chi connectivity index (χ0) is 14.7. The van der Waals surface area contributed by atoms with Crippen LogP contribution in [0.4, 0.5) is 0 Å². The van der Waals surface area contributed by atoms with Gasteiger partial charge in [-0.25, -0.2) is 9.97 Å². The van der Waals surface area contributed by atoms with Crippen molar-refractivity contribution < 1.29 is 0 Å². The van der Waals surface area contributed by atoms with Gasteiger partial charge in [0, 0.05) is 11.1 Å². The summed E-state index contributed by atoms with van der Waals surface area (Å²) in [5.74, 6) is 0. The molecule has 0 atom stereocenters. The Labute approximate surface area is 129 Å². The van der Waals surface area contributed by atoms with Gasteiger partial charge in [0.1, 0.15) is 0 Å². The highest BCUT2D eigenvalue weighted by Crippen LogP contribution is 2.26. The fourth-order valence-corrected chi connectivity index (χ4v) is 2.60. The predicted octanol–water partition coefficient (Wildman–Crippen LogP) is 4.84. The third-order valence-corrected chi connectivity index (χ3v) is 3.82. The minimum Gasteiger partial charge on any atom is -0.222 e. The summed E-state index contributed by atoms with van der Waals surface area (Å²) in [6.45, 7) is 2.10. The zero-order valence-electron chi connectivity index (χ0n) is 12.1. The molecule has 0 saturated carbocycles. The van der Waals surface area contributed by atoms with Gasteiger partial charge < -0.3 is 0 Å². The van der Waals surface area contributed by atoms with Crippen LogP contribution in [0.1, 0.15) is 5.56 Å². The van der Waals surface area contributed by atoms with Gasteiger partial charge in [0.15, 0.2) is 5.16 Å². The van der Waals surface area contributed by atoms with Crippen LogP contribution in [-0.2, 0) is 0 Å². The van der Waals surface area contributed by atoms with E-state index >= 15 is 0 Å². The standard InChI is InChI=1S/C18H16N2S/c1-13-7-6-10-15(11-13)17-12-16(19-18(20-17)21-2)14-8-4-3-5-9-14/h3-12H,1-2H3. The molecule has 2 nitrogen and oxygen atoms in total. The molecule has 0 unspecified atom stereocenters. The molecule has 1 heterocycles. The minimum atomic E-state index is 0.799. The van der Waals surface area contributed by atoms with Crippen molar-refractivity contribution in [3.05, 3.63) is 66.2 Å². The van der Waals surface area contributed by atoms with Gasteiger partial charge >= 0.3 is 0 Å². The van der Waals surface area contributed by atoms with Crippen LogP contribution in [0.5, 0.6) is 0 Å². The Bertz CT molecular complexity index is 754. The number of benzene rings is 2. The highest BCUT2D eigenvalue weighted by atomic mass is 32.2. The molecule has 0 aliphatic carbocycles.